The van der Waals surface area contributed by atoms with Crippen LogP contribution in [0.1, 0.15) is 16.8 Å². The summed E-state index contributed by atoms with van der Waals surface area (Å²) in [6.45, 7) is 0. The molecule has 1 aromatic heterocycles. The van der Waals surface area contributed by atoms with E-state index in [1.165, 1.54) is 0 Å². The van der Waals surface area contributed by atoms with Gasteiger partial charge in [0.15, 0.2) is 5.82 Å². The molecule has 0 aliphatic heterocycles. The van der Waals surface area contributed by atoms with Crippen molar-refractivity contribution in [2.45, 2.75) is 12.8 Å². The van der Waals surface area contributed by atoms with Gasteiger partial charge in [0.05, 0.1) is 23.1 Å². The largest absolute Gasteiger partial charge is 0.508 e. The number of hydrogen-bond donors (Lipinski definition) is 2. The Balaban J connectivity index is 1.56. The maximum absolute atomic E-state index is 12.8. The van der Waals surface area contributed by atoms with Crippen molar-refractivity contribution in [2.75, 3.05) is 5.32 Å². The van der Waals surface area contributed by atoms with Crippen LogP contribution in [0.5, 0.6) is 5.75 Å². The van der Waals surface area contributed by atoms with E-state index in [-0.39, 0.29) is 18.1 Å². The highest BCUT2D eigenvalue weighted by Gasteiger charge is 2.15. The summed E-state index contributed by atoms with van der Waals surface area (Å²) < 4.78 is 0. The number of nitroso groups, excluding NO2 is 1. The standard InChI is InChI=1S/C27H20N4O3/c32-21-10-6-18(7-11-21)15-25(33)30-27-24(14-17-4-2-1-3-5-17)28-26-22-12-9-20(31-34)16-19(22)8-13-23(26)29-27/h1-13,16,32H,14-15H2,(H,29,30,33). The molecule has 4 aromatic carbocycles. The van der Waals surface area contributed by atoms with Crippen molar-refractivity contribution >= 4 is 39.2 Å². The number of phenolic OH excluding ortho intramolecular Hbond substituents is 1. The second-order valence-corrected chi connectivity index (χ2v) is 8.00. The molecule has 0 spiro atoms. The van der Waals surface area contributed by atoms with Crippen LogP contribution < -0.4 is 5.32 Å². The fraction of sp³-hybridized carbons (Fsp3) is 0.0741. The van der Waals surface area contributed by atoms with Gasteiger partial charge in [0.2, 0.25) is 5.91 Å². The van der Waals surface area contributed by atoms with Crippen molar-refractivity contribution in [3.63, 3.8) is 0 Å². The molecule has 2 N–H and O–H groups in total. The van der Waals surface area contributed by atoms with E-state index in [1.54, 1.807) is 36.4 Å². The number of fused-ring (bicyclic) bond motifs is 3. The molecule has 166 valence electrons. The molecule has 0 saturated heterocycles. The third-order valence-corrected chi connectivity index (χ3v) is 5.58. The Morgan fingerprint density at radius 3 is 2.44 bits per heavy atom. The zero-order valence-electron chi connectivity index (χ0n) is 18.1. The topological polar surface area (TPSA) is 105 Å². The smallest absolute Gasteiger partial charge is 0.229 e. The van der Waals surface area contributed by atoms with Crippen LogP contribution in [0.3, 0.4) is 0 Å². The molecule has 0 aliphatic carbocycles. The van der Waals surface area contributed by atoms with Crippen molar-refractivity contribution in [1.82, 2.24) is 9.97 Å². The van der Waals surface area contributed by atoms with Crippen molar-refractivity contribution in [1.29, 1.82) is 0 Å². The summed E-state index contributed by atoms with van der Waals surface area (Å²) >= 11 is 0. The van der Waals surface area contributed by atoms with Crippen molar-refractivity contribution in [2.24, 2.45) is 5.18 Å². The quantitative estimate of drug-likeness (QED) is 0.258. The molecule has 1 heterocycles. The molecule has 0 unspecified atom stereocenters. The summed E-state index contributed by atoms with van der Waals surface area (Å²) in [7, 11) is 0. The van der Waals surface area contributed by atoms with E-state index in [0.717, 1.165) is 21.9 Å². The van der Waals surface area contributed by atoms with Crippen LogP contribution in [-0.2, 0) is 17.6 Å². The van der Waals surface area contributed by atoms with Gasteiger partial charge in [-0.15, -0.1) is 4.91 Å². The summed E-state index contributed by atoms with van der Waals surface area (Å²) in [5, 5.41) is 17.1. The second-order valence-electron chi connectivity index (χ2n) is 8.00. The van der Waals surface area contributed by atoms with Crippen LogP contribution in [0.2, 0.25) is 0 Å². The minimum atomic E-state index is -0.226. The zero-order chi connectivity index (χ0) is 23.5. The number of carbonyl (C=O) groups excluding carboxylic acids is 1. The number of anilines is 1. The third-order valence-electron chi connectivity index (χ3n) is 5.58. The Labute approximate surface area is 195 Å². The van der Waals surface area contributed by atoms with Crippen LogP contribution in [0.15, 0.2) is 90.1 Å². The van der Waals surface area contributed by atoms with Gasteiger partial charge in [-0.1, -0.05) is 48.5 Å². The van der Waals surface area contributed by atoms with Gasteiger partial charge >= 0.3 is 0 Å². The lowest BCUT2D eigenvalue weighted by Crippen LogP contribution is -2.17. The summed E-state index contributed by atoms with van der Waals surface area (Å²) in [6, 6.07) is 25.2. The Morgan fingerprint density at radius 2 is 1.68 bits per heavy atom. The lowest BCUT2D eigenvalue weighted by molar-refractivity contribution is -0.115. The number of amides is 1. The molecule has 0 aliphatic rings. The number of aromatic hydroxyl groups is 1. The summed E-state index contributed by atoms with van der Waals surface area (Å²) in [5.41, 5.74) is 4.14. The maximum atomic E-state index is 12.8. The van der Waals surface area contributed by atoms with Gasteiger partial charge in [-0.3, -0.25) is 4.79 Å². The average molecular weight is 448 g/mol. The van der Waals surface area contributed by atoms with Gasteiger partial charge in [0.25, 0.3) is 0 Å². The highest BCUT2D eigenvalue weighted by Crippen LogP contribution is 2.29. The Hall–Kier alpha value is -4.65. The summed E-state index contributed by atoms with van der Waals surface area (Å²) in [4.78, 5) is 33.4. The first-order valence-corrected chi connectivity index (χ1v) is 10.8. The monoisotopic (exact) mass is 448 g/mol. The maximum Gasteiger partial charge on any atom is 0.229 e. The first kappa shape index (κ1) is 21.2. The SMILES string of the molecule is O=Nc1ccc2c(ccc3nc(NC(=O)Cc4ccc(O)cc4)c(Cc4ccccc4)nc32)c1. The number of aromatic nitrogens is 2. The molecular formula is C27H20N4O3. The van der Waals surface area contributed by atoms with Gasteiger partial charge < -0.3 is 10.4 Å². The highest BCUT2D eigenvalue weighted by atomic mass is 16.3. The fourth-order valence-corrected chi connectivity index (χ4v) is 3.91. The van der Waals surface area contributed by atoms with Crippen molar-refractivity contribution in [3.8, 4) is 5.75 Å². The highest BCUT2D eigenvalue weighted by molar-refractivity contribution is 6.05. The fourth-order valence-electron chi connectivity index (χ4n) is 3.91. The minimum absolute atomic E-state index is 0.143. The summed E-state index contributed by atoms with van der Waals surface area (Å²) in [6.07, 6.45) is 0.632. The number of rotatable bonds is 6. The molecule has 34 heavy (non-hydrogen) atoms. The second kappa shape index (κ2) is 9.07. The number of hydrogen-bond acceptors (Lipinski definition) is 6. The van der Waals surface area contributed by atoms with Gasteiger partial charge in [0, 0.05) is 11.8 Å². The predicted octanol–water partition coefficient (Wildman–Crippen LogP) is 5.66. The van der Waals surface area contributed by atoms with Crippen LogP contribution in [-0.4, -0.2) is 21.0 Å². The molecule has 5 rings (SSSR count). The van der Waals surface area contributed by atoms with Crippen LogP contribution in [0.25, 0.3) is 21.8 Å². The number of carbonyl (C=O) groups is 1. The summed E-state index contributed by atoms with van der Waals surface area (Å²) in [5.74, 6) is 0.333. The molecule has 7 heteroatoms. The minimum Gasteiger partial charge on any atom is -0.508 e. The van der Waals surface area contributed by atoms with E-state index in [4.69, 9.17) is 9.97 Å². The molecule has 0 fully saturated rings. The van der Waals surface area contributed by atoms with Gasteiger partial charge in [0.1, 0.15) is 11.4 Å². The average Bonchev–Trinajstić information content (AvgIpc) is 2.86. The number of phenols is 1. The predicted molar refractivity (Wildman–Crippen MR) is 132 cm³/mol. The molecule has 0 saturated carbocycles. The molecule has 5 aromatic rings. The Morgan fingerprint density at radius 1 is 0.882 bits per heavy atom. The van der Waals surface area contributed by atoms with Crippen LogP contribution in [0, 0.1) is 4.91 Å². The normalized spacial score (nSPS) is 10.9. The van der Waals surface area contributed by atoms with Crippen LogP contribution in [0.4, 0.5) is 11.5 Å². The number of nitrogens with zero attached hydrogens (tertiary/aromatic N) is 3. The first-order valence-electron chi connectivity index (χ1n) is 10.8. The van der Waals surface area contributed by atoms with Gasteiger partial charge in [-0.05, 0) is 58.1 Å². The molecule has 0 bridgehead atoms. The lowest BCUT2D eigenvalue weighted by atomic mass is 10.1. The number of nitrogens with one attached hydrogen (secondary N) is 1. The Kier molecular flexibility index (Phi) is 5.66. The van der Waals surface area contributed by atoms with Crippen molar-refractivity contribution in [3.05, 3.63) is 107 Å². The van der Waals surface area contributed by atoms with E-state index in [1.807, 2.05) is 48.5 Å². The molecule has 1 amide bonds. The van der Waals surface area contributed by atoms with Gasteiger partial charge in [-0.2, -0.15) is 0 Å². The Bertz CT molecular complexity index is 1520. The van der Waals surface area contributed by atoms with E-state index in [0.29, 0.717) is 34.7 Å². The zero-order valence-corrected chi connectivity index (χ0v) is 18.1. The molecule has 0 atom stereocenters. The third kappa shape index (κ3) is 4.45. The van der Waals surface area contributed by atoms with Crippen LogP contribution >= 0.6 is 0 Å². The first-order chi connectivity index (χ1) is 16.6. The molecular weight excluding hydrogens is 428 g/mol. The van der Waals surface area contributed by atoms with Gasteiger partial charge in [-0.25, -0.2) is 9.97 Å². The van der Waals surface area contributed by atoms with E-state index in [2.05, 4.69) is 10.5 Å². The molecule has 0 radical (unpaired) electrons. The van der Waals surface area contributed by atoms with Crippen molar-refractivity contribution < 1.29 is 9.90 Å². The van der Waals surface area contributed by atoms with E-state index in [9.17, 15) is 14.8 Å². The lowest BCUT2D eigenvalue weighted by Gasteiger charge is -2.13. The van der Waals surface area contributed by atoms with E-state index >= 15 is 0 Å². The van der Waals surface area contributed by atoms with E-state index < -0.39 is 0 Å². The molecule has 7 nitrogen and oxygen atoms in total. The number of benzene rings is 4.